The molecule has 0 bridgehead atoms. The first-order chi connectivity index (χ1) is 10.3. The van der Waals surface area contributed by atoms with Gasteiger partial charge in [0.25, 0.3) is 11.5 Å². The van der Waals surface area contributed by atoms with Crippen molar-refractivity contribution in [1.82, 2.24) is 4.98 Å². The Balaban J connectivity index is 2.23. The molecule has 0 fully saturated rings. The monoisotopic (exact) mass is 312 g/mol. The molecule has 1 aromatic heterocycles. The molecule has 1 aromatic carbocycles. The average molecular weight is 312 g/mol. The zero-order chi connectivity index (χ0) is 16.3. The van der Waals surface area contributed by atoms with Crippen LogP contribution in [-0.2, 0) is 11.0 Å². The van der Waals surface area contributed by atoms with Crippen molar-refractivity contribution in [3.63, 3.8) is 0 Å². The Hall–Kier alpha value is -2.61. The maximum Gasteiger partial charge on any atom is 0.417 e. The summed E-state index contributed by atoms with van der Waals surface area (Å²) >= 11 is 0. The Labute approximate surface area is 122 Å². The van der Waals surface area contributed by atoms with Crippen LogP contribution in [0.15, 0.2) is 47.4 Å². The number of rotatable bonds is 3. The highest BCUT2D eigenvalue weighted by Crippen LogP contribution is 2.29. The first-order valence-electron chi connectivity index (χ1n) is 6.13. The minimum Gasteiger partial charge on any atom is -0.378 e. The number of alkyl halides is 3. The van der Waals surface area contributed by atoms with E-state index in [-0.39, 0.29) is 5.56 Å². The molecule has 8 heteroatoms. The zero-order valence-electron chi connectivity index (χ0n) is 11.0. The molecule has 0 aliphatic carbocycles. The topological polar surface area (TPSA) is 82.2 Å². The summed E-state index contributed by atoms with van der Waals surface area (Å²) in [5, 5.41) is 11.8. The molecule has 0 aliphatic heterocycles. The Morgan fingerprint density at radius 2 is 1.86 bits per heavy atom. The number of hydrogen-bond donors (Lipinski definition) is 3. The van der Waals surface area contributed by atoms with Crippen LogP contribution in [0, 0.1) is 0 Å². The Morgan fingerprint density at radius 3 is 2.45 bits per heavy atom. The lowest BCUT2D eigenvalue weighted by molar-refractivity contribution is -0.137. The molecule has 116 valence electrons. The molecule has 0 saturated heterocycles. The van der Waals surface area contributed by atoms with E-state index in [4.69, 9.17) is 0 Å². The van der Waals surface area contributed by atoms with Gasteiger partial charge in [0.05, 0.1) is 5.56 Å². The number of aromatic amines is 1. The maximum atomic E-state index is 12.6. The third-order valence-corrected chi connectivity index (χ3v) is 2.85. The lowest BCUT2D eigenvalue weighted by Crippen LogP contribution is -2.25. The number of benzene rings is 1. The van der Waals surface area contributed by atoms with Gasteiger partial charge in [0, 0.05) is 6.20 Å². The number of amides is 1. The van der Waals surface area contributed by atoms with Gasteiger partial charge in [-0.25, -0.2) is 0 Å². The molecule has 5 nitrogen and oxygen atoms in total. The summed E-state index contributed by atoms with van der Waals surface area (Å²) in [5.41, 5.74) is -2.35. The van der Waals surface area contributed by atoms with Crippen LogP contribution in [0.2, 0.25) is 0 Å². The second-order valence-electron chi connectivity index (χ2n) is 4.43. The van der Waals surface area contributed by atoms with Crippen LogP contribution in [0.1, 0.15) is 17.2 Å². The third-order valence-electron chi connectivity index (χ3n) is 2.85. The van der Waals surface area contributed by atoms with E-state index in [1.807, 2.05) is 10.3 Å². The van der Waals surface area contributed by atoms with Crippen molar-refractivity contribution in [3.8, 4) is 0 Å². The Kier molecular flexibility index (Phi) is 4.32. The first-order valence-corrected chi connectivity index (χ1v) is 6.13. The van der Waals surface area contributed by atoms with E-state index < -0.39 is 35.0 Å². The maximum absolute atomic E-state index is 12.6. The van der Waals surface area contributed by atoms with Crippen LogP contribution in [0.5, 0.6) is 0 Å². The second-order valence-corrected chi connectivity index (χ2v) is 4.43. The smallest absolute Gasteiger partial charge is 0.378 e. The summed E-state index contributed by atoms with van der Waals surface area (Å²) < 4.78 is 37.7. The van der Waals surface area contributed by atoms with Crippen molar-refractivity contribution in [2.24, 2.45) is 0 Å². The number of carbonyl (C=O) groups excluding carboxylic acids is 1. The molecule has 2 rings (SSSR count). The SMILES string of the molecule is O=C(Nc1cc(C(F)(F)F)c[nH]c1=O)C(O)c1ccccc1. The van der Waals surface area contributed by atoms with E-state index in [2.05, 4.69) is 0 Å². The molecule has 1 heterocycles. The molecule has 0 spiro atoms. The van der Waals surface area contributed by atoms with Crippen LogP contribution >= 0.6 is 0 Å². The molecule has 22 heavy (non-hydrogen) atoms. The normalized spacial score (nSPS) is 12.7. The van der Waals surface area contributed by atoms with Gasteiger partial charge in [0.2, 0.25) is 0 Å². The lowest BCUT2D eigenvalue weighted by atomic mass is 10.1. The van der Waals surface area contributed by atoms with E-state index >= 15 is 0 Å². The van der Waals surface area contributed by atoms with E-state index in [1.165, 1.54) is 12.1 Å². The number of carbonyl (C=O) groups is 1. The molecular formula is C14H11F3N2O3. The Morgan fingerprint density at radius 1 is 1.23 bits per heavy atom. The quantitative estimate of drug-likeness (QED) is 0.811. The van der Waals surface area contributed by atoms with Gasteiger partial charge in [0.1, 0.15) is 5.69 Å². The molecule has 3 N–H and O–H groups in total. The van der Waals surface area contributed by atoms with Crippen LogP contribution in [0.25, 0.3) is 0 Å². The van der Waals surface area contributed by atoms with Crippen LogP contribution in [0.3, 0.4) is 0 Å². The fourth-order valence-electron chi connectivity index (χ4n) is 1.73. The summed E-state index contributed by atoms with van der Waals surface area (Å²) in [6.45, 7) is 0. The number of aromatic nitrogens is 1. The van der Waals surface area contributed by atoms with Crippen molar-refractivity contribution >= 4 is 11.6 Å². The molecule has 1 unspecified atom stereocenters. The minimum absolute atomic E-state index is 0.253. The number of H-pyrrole nitrogens is 1. The summed E-state index contributed by atoms with van der Waals surface area (Å²) in [6.07, 6.45) is -5.76. The van der Waals surface area contributed by atoms with E-state index in [9.17, 15) is 27.9 Å². The summed E-state index contributed by atoms with van der Waals surface area (Å²) in [4.78, 5) is 25.2. The van der Waals surface area contributed by atoms with E-state index in [0.29, 0.717) is 12.3 Å². The number of halogens is 3. The standard InChI is InChI=1S/C14H11F3N2O3/c15-14(16,17)9-6-10(12(21)18-7-9)19-13(22)11(20)8-4-2-1-3-5-8/h1-7,11,20H,(H,18,21)(H,19,22). The molecule has 1 atom stereocenters. The number of aliphatic hydroxyl groups is 1. The van der Waals surface area contributed by atoms with Crippen molar-refractivity contribution in [2.45, 2.75) is 12.3 Å². The lowest BCUT2D eigenvalue weighted by Gasteiger charge is -2.12. The van der Waals surface area contributed by atoms with Crippen molar-refractivity contribution in [3.05, 3.63) is 64.1 Å². The molecule has 0 saturated carbocycles. The summed E-state index contributed by atoms with van der Waals surface area (Å²) in [7, 11) is 0. The molecule has 0 radical (unpaired) electrons. The van der Waals surface area contributed by atoms with Gasteiger partial charge in [-0.05, 0) is 11.6 Å². The number of anilines is 1. The average Bonchev–Trinajstić information content (AvgIpc) is 2.48. The third kappa shape index (κ3) is 3.53. The molecule has 0 aliphatic rings. The van der Waals surface area contributed by atoms with Crippen molar-refractivity contribution in [1.29, 1.82) is 0 Å². The second kappa shape index (κ2) is 6.02. The van der Waals surface area contributed by atoms with Crippen LogP contribution in [-0.4, -0.2) is 16.0 Å². The minimum atomic E-state index is -4.66. The molecule has 1 amide bonds. The highest BCUT2D eigenvalue weighted by atomic mass is 19.4. The number of hydrogen-bond acceptors (Lipinski definition) is 3. The highest BCUT2D eigenvalue weighted by molar-refractivity contribution is 5.94. The van der Waals surface area contributed by atoms with Gasteiger partial charge in [-0.1, -0.05) is 30.3 Å². The van der Waals surface area contributed by atoms with Gasteiger partial charge in [0.15, 0.2) is 6.10 Å². The van der Waals surface area contributed by atoms with Gasteiger partial charge < -0.3 is 15.4 Å². The predicted octanol–water partition coefficient (Wildman–Crippen LogP) is 2.07. The molecule has 2 aromatic rings. The van der Waals surface area contributed by atoms with Gasteiger partial charge in [-0.3, -0.25) is 9.59 Å². The first kappa shape index (κ1) is 15.8. The predicted molar refractivity (Wildman–Crippen MR) is 72.1 cm³/mol. The van der Waals surface area contributed by atoms with Gasteiger partial charge in [-0.2, -0.15) is 13.2 Å². The summed E-state index contributed by atoms with van der Waals surface area (Å²) in [6, 6.07) is 8.30. The van der Waals surface area contributed by atoms with Gasteiger partial charge >= 0.3 is 6.18 Å². The fraction of sp³-hybridized carbons (Fsp3) is 0.143. The number of nitrogens with one attached hydrogen (secondary N) is 2. The van der Waals surface area contributed by atoms with Crippen molar-refractivity contribution in [2.75, 3.05) is 5.32 Å². The fourth-order valence-corrected chi connectivity index (χ4v) is 1.73. The van der Waals surface area contributed by atoms with Crippen molar-refractivity contribution < 1.29 is 23.1 Å². The van der Waals surface area contributed by atoms with Crippen LogP contribution < -0.4 is 10.9 Å². The van der Waals surface area contributed by atoms with Gasteiger partial charge in [-0.15, -0.1) is 0 Å². The summed E-state index contributed by atoms with van der Waals surface area (Å²) in [5.74, 6) is -1.00. The Bertz CT molecular complexity index is 726. The number of pyridine rings is 1. The largest absolute Gasteiger partial charge is 0.417 e. The van der Waals surface area contributed by atoms with E-state index in [0.717, 1.165) is 0 Å². The zero-order valence-corrected chi connectivity index (χ0v) is 11.0. The number of aliphatic hydroxyl groups excluding tert-OH is 1. The highest BCUT2D eigenvalue weighted by Gasteiger charge is 2.31. The molecular weight excluding hydrogens is 301 g/mol. The van der Waals surface area contributed by atoms with Crippen LogP contribution in [0.4, 0.5) is 18.9 Å². The van der Waals surface area contributed by atoms with E-state index in [1.54, 1.807) is 18.2 Å².